The zero-order valence-electron chi connectivity index (χ0n) is 21.2. The van der Waals surface area contributed by atoms with Crippen molar-refractivity contribution in [1.82, 2.24) is 0 Å². The number of benzene rings is 2. The van der Waals surface area contributed by atoms with E-state index >= 15 is 0 Å². The number of carbonyl (C=O) groups excluding carboxylic acids is 4. The number of carbonyl (C=O) groups is 4. The summed E-state index contributed by atoms with van der Waals surface area (Å²) in [5.74, 6) is -2.82. The van der Waals surface area contributed by atoms with Gasteiger partial charge < -0.3 is 24.7 Å². The van der Waals surface area contributed by atoms with Gasteiger partial charge >= 0.3 is 23.9 Å². The quantitative estimate of drug-likeness (QED) is 0.365. The Bertz CT molecular complexity index is 1060. The molecular weight excluding hydrogens is 466 g/mol. The minimum atomic E-state index is -1.03. The van der Waals surface area contributed by atoms with Crippen molar-refractivity contribution in [3.63, 3.8) is 0 Å². The Kier molecular flexibility index (Phi) is 10.6. The third kappa shape index (κ3) is 8.81. The van der Waals surface area contributed by atoms with E-state index in [2.05, 4.69) is 0 Å². The molecule has 0 aliphatic heterocycles. The molecule has 36 heavy (non-hydrogen) atoms. The molecule has 0 aliphatic rings. The first-order valence-corrected chi connectivity index (χ1v) is 11.7. The van der Waals surface area contributed by atoms with Crippen LogP contribution in [-0.4, -0.2) is 42.6 Å². The van der Waals surface area contributed by atoms with Crippen LogP contribution >= 0.6 is 0 Å². The number of nitrogens with two attached hydrogens (primary N) is 1. The van der Waals surface area contributed by atoms with Crippen LogP contribution in [-0.2, 0) is 30.3 Å². The molecule has 194 valence electrons. The number of hydrogen-bond donors (Lipinski definition) is 1. The smallest absolute Gasteiger partial charge is 0.338 e. The summed E-state index contributed by atoms with van der Waals surface area (Å²) in [5, 5.41) is 0. The second-order valence-corrected chi connectivity index (χ2v) is 8.96. The van der Waals surface area contributed by atoms with Gasteiger partial charge in [0.2, 0.25) is 0 Å². The van der Waals surface area contributed by atoms with Crippen molar-refractivity contribution >= 4 is 23.9 Å². The fourth-order valence-electron chi connectivity index (χ4n) is 2.80. The molecule has 0 bridgehead atoms. The molecule has 9 heteroatoms. The molecule has 2 atom stereocenters. The van der Waals surface area contributed by atoms with Gasteiger partial charge in [-0.2, -0.15) is 0 Å². The van der Waals surface area contributed by atoms with Crippen molar-refractivity contribution in [3.8, 4) is 11.5 Å². The van der Waals surface area contributed by atoms with E-state index in [9.17, 15) is 19.2 Å². The van der Waals surface area contributed by atoms with Crippen molar-refractivity contribution < 1.29 is 38.1 Å². The highest BCUT2D eigenvalue weighted by Crippen LogP contribution is 2.30. The maximum Gasteiger partial charge on any atom is 0.338 e. The highest BCUT2D eigenvalue weighted by Gasteiger charge is 2.22. The molecule has 0 spiro atoms. The fourth-order valence-corrected chi connectivity index (χ4v) is 2.80. The summed E-state index contributed by atoms with van der Waals surface area (Å²) in [6.45, 7) is 8.17. The molecule has 0 fully saturated rings. The maximum absolute atomic E-state index is 12.4. The van der Waals surface area contributed by atoms with Crippen LogP contribution in [0.1, 0.15) is 50.5 Å². The Morgan fingerprint density at radius 3 is 1.94 bits per heavy atom. The van der Waals surface area contributed by atoms with E-state index in [1.807, 2.05) is 0 Å². The topological polar surface area (TPSA) is 131 Å². The van der Waals surface area contributed by atoms with Gasteiger partial charge in [-0.05, 0) is 43.2 Å². The zero-order chi connectivity index (χ0) is 26.8. The molecule has 9 nitrogen and oxygen atoms in total. The second-order valence-electron chi connectivity index (χ2n) is 8.96. The summed E-state index contributed by atoms with van der Waals surface area (Å²) < 4.78 is 21.2. The molecule has 2 N–H and O–H groups in total. The first-order chi connectivity index (χ1) is 17.0. The molecule has 2 aromatic rings. The van der Waals surface area contributed by atoms with Crippen LogP contribution in [0.4, 0.5) is 0 Å². The van der Waals surface area contributed by atoms with Crippen LogP contribution in [0.25, 0.3) is 0 Å². The lowest BCUT2D eigenvalue weighted by Crippen LogP contribution is -2.36. The summed E-state index contributed by atoms with van der Waals surface area (Å²) in [7, 11) is 0. The summed E-state index contributed by atoms with van der Waals surface area (Å²) in [5.41, 5.74) is 6.97. The minimum absolute atomic E-state index is 0.0576. The van der Waals surface area contributed by atoms with Gasteiger partial charge in [0.15, 0.2) is 11.5 Å². The van der Waals surface area contributed by atoms with Gasteiger partial charge in [0, 0.05) is 0 Å². The second kappa shape index (κ2) is 13.4. The fraction of sp³-hybridized carbons (Fsp3) is 0.407. The summed E-state index contributed by atoms with van der Waals surface area (Å²) >= 11 is 0. The van der Waals surface area contributed by atoms with Crippen molar-refractivity contribution in [1.29, 1.82) is 0 Å². The van der Waals surface area contributed by atoms with Gasteiger partial charge in [-0.25, -0.2) is 4.79 Å². The third-order valence-corrected chi connectivity index (χ3v) is 4.91. The number of esters is 4. The monoisotopic (exact) mass is 499 g/mol. The van der Waals surface area contributed by atoms with Gasteiger partial charge in [-0.3, -0.25) is 14.4 Å². The van der Waals surface area contributed by atoms with Crippen LogP contribution < -0.4 is 15.2 Å². The Labute approximate surface area is 210 Å². The molecule has 2 aromatic carbocycles. The molecule has 0 radical (unpaired) electrons. The number of rotatable bonds is 11. The van der Waals surface area contributed by atoms with Crippen molar-refractivity contribution in [2.45, 2.75) is 53.2 Å². The van der Waals surface area contributed by atoms with E-state index in [1.165, 1.54) is 12.1 Å². The SMILES string of the molecule is CC(C)C(=O)Oc1ccc(C[C@H](N)C(=O)OC[C@@H](C)OC(=O)c2ccccc2)cc1OC(=O)C(C)C. The summed E-state index contributed by atoms with van der Waals surface area (Å²) in [6, 6.07) is 12.0. The van der Waals surface area contributed by atoms with E-state index in [0.29, 0.717) is 11.1 Å². The summed E-state index contributed by atoms with van der Waals surface area (Å²) in [4.78, 5) is 48.7. The Morgan fingerprint density at radius 1 is 0.778 bits per heavy atom. The van der Waals surface area contributed by atoms with E-state index < -0.39 is 41.9 Å². The van der Waals surface area contributed by atoms with Crippen LogP contribution in [0.2, 0.25) is 0 Å². The van der Waals surface area contributed by atoms with Crippen LogP contribution in [0, 0.1) is 11.8 Å². The molecule has 0 aliphatic carbocycles. The molecule has 0 heterocycles. The molecule has 0 saturated heterocycles. The maximum atomic E-state index is 12.4. The van der Waals surface area contributed by atoms with Gasteiger partial charge in [0.25, 0.3) is 0 Å². The van der Waals surface area contributed by atoms with Crippen molar-refractivity contribution in [2.24, 2.45) is 17.6 Å². The average Bonchev–Trinajstić information content (AvgIpc) is 2.84. The first-order valence-electron chi connectivity index (χ1n) is 11.7. The predicted molar refractivity (Wildman–Crippen MR) is 131 cm³/mol. The van der Waals surface area contributed by atoms with Crippen molar-refractivity contribution in [2.75, 3.05) is 6.61 Å². The van der Waals surface area contributed by atoms with Crippen LogP contribution in [0.15, 0.2) is 48.5 Å². The molecular formula is C27H33NO8. The van der Waals surface area contributed by atoms with E-state index in [1.54, 1.807) is 71.0 Å². The predicted octanol–water partition coefficient (Wildman–Crippen LogP) is 3.47. The zero-order valence-corrected chi connectivity index (χ0v) is 21.2. The summed E-state index contributed by atoms with van der Waals surface area (Å²) in [6.07, 6.45) is -0.604. The lowest BCUT2D eigenvalue weighted by atomic mass is 10.1. The normalized spacial score (nSPS) is 12.6. The number of ether oxygens (including phenoxy) is 4. The Morgan fingerprint density at radius 2 is 1.36 bits per heavy atom. The van der Waals surface area contributed by atoms with Crippen LogP contribution in [0.3, 0.4) is 0 Å². The lowest BCUT2D eigenvalue weighted by molar-refractivity contribution is -0.148. The molecule has 0 unspecified atom stereocenters. The van der Waals surface area contributed by atoms with Gasteiger partial charge in [-0.15, -0.1) is 0 Å². The number of hydrogen-bond acceptors (Lipinski definition) is 9. The minimum Gasteiger partial charge on any atom is -0.461 e. The molecule has 0 amide bonds. The molecule has 0 saturated carbocycles. The van der Waals surface area contributed by atoms with Crippen molar-refractivity contribution in [3.05, 3.63) is 59.7 Å². The Hall–Kier alpha value is -3.72. The van der Waals surface area contributed by atoms with Gasteiger partial charge in [0.05, 0.1) is 17.4 Å². The average molecular weight is 500 g/mol. The van der Waals surface area contributed by atoms with Gasteiger partial charge in [0.1, 0.15) is 18.8 Å². The standard InChI is InChI=1S/C27H33NO8/c1-16(2)24(29)35-22-12-11-19(14-23(22)36-25(30)17(3)4)13-21(28)27(32)33-15-18(5)34-26(31)20-9-7-6-8-10-20/h6-12,14,16-18,21H,13,15,28H2,1-5H3/t18-,21+/m1/s1. The van der Waals surface area contributed by atoms with E-state index in [0.717, 1.165) is 0 Å². The molecule has 2 rings (SSSR count). The van der Waals surface area contributed by atoms with E-state index in [-0.39, 0.29) is 30.4 Å². The third-order valence-electron chi connectivity index (χ3n) is 4.91. The highest BCUT2D eigenvalue weighted by atomic mass is 16.6. The highest BCUT2D eigenvalue weighted by molar-refractivity contribution is 5.89. The largest absolute Gasteiger partial charge is 0.461 e. The lowest BCUT2D eigenvalue weighted by Gasteiger charge is -2.17. The van der Waals surface area contributed by atoms with Gasteiger partial charge in [-0.1, -0.05) is 52.0 Å². The van der Waals surface area contributed by atoms with E-state index in [4.69, 9.17) is 24.7 Å². The van der Waals surface area contributed by atoms with Crippen LogP contribution in [0.5, 0.6) is 11.5 Å². The molecule has 0 aromatic heterocycles. The first kappa shape index (κ1) is 28.5. The Balaban J connectivity index is 2.00.